The lowest BCUT2D eigenvalue weighted by molar-refractivity contribution is -0.0466. The number of hydrogen-bond acceptors (Lipinski definition) is 3. The first kappa shape index (κ1) is 11.4. The van der Waals surface area contributed by atoms with Crippen LogP contribution >= 0.6 is 0 Å². The topological polar surface area (TPSA) is 38.7 Å². The van der Waals surface area contributed by atoms with Crippen LogP contribution in [0.15, 0.2) is 24.3 Å². The Kier molecular flexibility index (Phi) is 3.80. The Morgan fingerprint density at radius 1 is 1.44 bits per heavy atom. The van der Waals surface area contributed by atoms with Crippen molar-refractivity contribution in [2.24, 2.45) is 5.92 Å². The average molecular weight is 222 g/mol. The molecule has 0 amide bonds. The minimum absolute atomic E-state index is 0.0325. The summed E-state index contributed by atoms with van der Waals surface area (Å²) in [4.78, 5) is 0. The van der Waals surface area contributed by atoms with Gasteiger partial charge in [-0.25, -0.2) is 0 Å². The highest BCUT2D eigenvalue weighted by atomic mass is 16.5. The minimum Gasteiger partial charge on any atom is -0.496 e. The van der Waals surface area contributed by atoms with Crippen molar-refractivity contribution in [1.82, 2.24) is 0 Å². The lowest BCUT2D eigenvalue weighted by atomic mass is 9.90. The van der Waals surface area contributed by atoms with Crippen molar-refractivity contribution in [3.05, 3.63) is 29.8 Å². The van der Waals surface area contributed by atoms with E-state index in [0.29, 0.717) is 0 Å². The highest BCUT2D eigenvalue weighted by Crippen LogP contribution is 2.37. The zero-order chi connectivity index (χ0) is 11.4. The molecule has 2 rings (SSSR count). The lowest BCUT2D eigenvalue weighted by Crippen LogP contribution is -2.25. The monoisotopic (exact) mass is 222 g/mol. The highest BCUT2D eigenvalue weighted by molar-refractivity contribution is 5.35. The van der Waals surface area contributed by atoms with Crippen molar-refractivity contribution in [3.8, 4) is 5.75 Å². The van der Waals surface area contributed by atoms with Crippen LogP contribution in [-0.4, -0.2) is 25.4 Å². The van der Waals surface area contributed by atoms with Crippen LogP contribution in [0.1, 0.15) is 24.5 Å². The summed E-state index contributed by atoms with van der Waals surface area (Å²) in [6, 6.07) is 7.86. The fourth-order valence-corrected chi connectivity index (χ4v) is 2.28. The van der Waals surface area contributed by atoms with Gasteiger partial charge in [-0.3, -0.25) is 0 Å². The molecule has 0 radical (unpaired) electrons. The molecule has 1 aliphatic rings. The number of para-hydroxylation sites is 1. The van der Waals surface area contributed by atoms with Gasteiger partial charge in [0.1, 0.15) is 5.75 Å². The van der Waals surface area contributed by atoms with Crippen molar-refractivity contribution in [1.29, 1.82) is 0 Å². The van der Waals surface area contributed by atoms with E-state index in [4.69, 9.17) is 9.47 Å². The number of rotatable bonds is 3. The van der Waals surface area contributed by atoms with Gasteiger partial charge in [0, 0.05) is 24.7 Å². The number of hydrogen-bond donors (Lipinski definition) is 1. The van der Waals surface area contributed by atoms with Gasteiger partial charge in [0.15, 0.2) is 0 Å². The predicted octanol–water partition coefficient (Wildman–Crippen LogP) is 2.16. The van der Waals surface area contributed by atoms with Crippen LogP contribution in [-0.2, 0) is 4.74 Å². The first-order valence-electron chi connectivity index (χ1n) is 5.72. The number of aliphatic hydroxyl groups excluding tert-OH is 1. The second-order valence-corrected chi connectivity index (χ2v) is 4.12. The molecule has 0 spiro atoms. The van der Waals surface area contributed by atoms with Crippen LogP contribution in [0, 0.1) is 5.92 Å². The smallest absolute Gasteiger partial charge is 0.124 e. The van der Waals surface area contributed by atoms with Gasteiger partial charge in [0.25, 0.3) is 0 Å². The standard InChI is InChI=1S/C13H18O3/c1-15-12-7-3-2-6-11(12)13-10(9-14)5-4-8-16-13/h2-3,6-7,10,13-14H,4-5,8-9H2,1H3. The third-order valence-corrected chi connectivity index (χ3v) is 3.12. The quantitative estimate of drug-likeness (QED) is 0.851. The molecule has 0 saturated carbocycles. The van der Waals surface area contributed by atoms with Crippen molar-refractivity contribution in [2.75, 3.05) is 20.3 Å². The summed E-state index contributed by atoms with van der Waals surface area (Å²) < 4.78 is 11.1. The Bertz CT molecular complexity index is 338. The van der Waals surface area contributed by atoms with Crippen LogP contribution in [0.5, 0.6) is 5.75 Å². The van der Waals surface area contributed by atoms with Crippen LogP contribution in [0.3, 0.4) is 0 Å². The molecule has 0 aliphatic carbocycles. The molecular weight excluding hydrogens is 204 g/mol. The Labute approximate surface area is 96.0 Å². The Hall–Kier alpha value is -1.06. The average Bonchev–Trinajstić information content (AvgIpc) is 2.38. The molecule has 1 aromatic rings. The molecule has 3 nitrogen and oxygen atoms in total. The zero-order valence-corrected chi connectivity index (χ0v) is 9.56. The van der Waals surface area contributed by atoms with E-state index in [-0.39, 0.29) is 18.6 Å². The summed E-state index contributed by atoms with van der Waals surface area (Å²) in [6.07, 6.45) is 2.01. The maximum absolute atomic E-state index is 9.37. The first-order valence-corrected chi connectivity index (χ1v) is 5.72. The van der Waals surface area contributed by atoms with Gasteiger partial charge in [-0.05, 0) is 18.9 Å². The molecule has 1 aromatic carbocycles. The first-order chi connectivity index (χ1) is 7.86. The van der Waals surface area contributed by atoms with E-state index in [1.807, 2.05) is 24.3 Å². The van der Waals surface area contributed by atoms with E-state index in [2.05, 4.69) is 0 Å². The summed E-state index contributed by atoms with van der Waals surface area (Å²) in [7, 11) is 1.66. The van der Waals surface area contributed by atoms with Crippen LogP contribution in [0.4, 0.5) is 0 Å². The second kappa shape index (κ2) is 5.32. The predicted molar refractivity (Wildman–Crippen MR) is 61.5 cm³/mol. The molecule has 0 aromatic heterocycles. The van der Waals surface area contributed by atoms with E-state index >= 15 is 0 Å². The van der Waals surface area contributed by atoms with Crippen molar-refractivity contribution >= 4 is 0 Å². The summed E-state index contributed by atoms with van der Waals surface area (Å²) >= 11 is 0. The van der Waals surface area contributed by atoms with Gasteiger partial charge in [-0.2, -0.15) is 0 Å². The van der Waals surface area contributed by atoms with E-state index in [1.165, 1.54) is 0 Å². The Morgan fingerprint density at radius 3 is 3.00 bits per heavy atom. The van der Waals surface area contributed by atoms with Gasteiger partial charge in [0.05, 0.1) is 13.2 Å². The zero-order valence-electron chi connectivity index (χ0n) is 9.56. The fourth-order valence-electron chi connectivity index (χ4n) is 2.28. The van der Waals surface area contributed by atoms with Crippen molar-refractivity contribution < 1.29 is 14.6 Å². The Balaban J connectivity index is 2.26. The van der Waals surface area contributed by atoms with Crippen LogP contribution in [0.2, 0.25) is 0 Å². The molecule has 2 atom stereocenters. The molecule has 1 heterocycles. The van der Waals surface area contributed by atoms with Crippen LogP contribution < -0.4 is 4.74 Å². The Morgan fingerprint density at radius 2 is 2.25 bits per heavy atom. The van der Waals surface area contributed by atoms with Gasteiger partial charge in [-0.1, -0.05) is 18.2 Å². The third kappa shape index (κ3) is 2.20. The maximum Gasteiger partial charge on any atom is 0.124 e. The summed E-state index contributed by atoms with van der Waals surface area (Å²) in [5.41, 5.74) is 1.05. The maximum atomic E-state index is 9.37. The molecule has 1 aliphatic heterocycles. The molecular formula is C13H18O3. The van der Waals surface area contributed by atoms with Gasteiger partial charge >= 0.3 is 0 Å². The lowest BCUT2D eigenvalue weighted by Gasteiger charge is -2.31. The largest absolute Gasteiger partial charge is 0.496 e. The molecule has 3 heteroatoms. The SMILES string of the molecule is COc1ccccc1C1OCCCC1CO. The van der Waals surface area contributed by atoms with E-state index in [0.717, 1.165) is 30.8 Å². The van der Waals surface area contributed by atoms with E-state index < -0.39 is 0 Å². The summed E-state index contributed by atoms with van der Waals surface area (Å²) in [5, 5.41) is 9.37. The number of ether oxygens (including phenoxy) is 2. The molecule has 16 heavy (non-hydrogen) atoms. The summed E-state index contributed by atoms with van der Waals surface area (Å²) in [5.74, 6) is 1.03. The van der Waals surface area contributed by atoms with Crippen LogP contribution in [0.25, 0.3) is 0 Å². The van der Waals surface area contributed by atoms with Gasteiger partial charge in [0.2, 0.25) is 0 Å². The molecule has 1 saturated heterocycles. The number of aliphatic hydroxyl groups is 1. The van der Waals surface area contributed by atoms with E-state index in [9.17, 15) is 5.11 Å². The van der Waals surface area contributed by atoms with Crippen molar-refractivity contribution in [2.45, 2.75) is 18.9 Å². The molecule has 2 unspecified atom stereocenters. The number of methoxy groups -OCH3 is 1. The normalized spacial score (nSPS) is 25.4. The minimum atomic E-state index is -0.0325. The fraction of sp³-hybridized carbons (Fsp3) is 0.538. The molecule has 88 valence electrons. The van der Waals surface area contributed by atoms with E-state index in [1.54, 1.807) is 7.11 Å². The number of benzene rings is 1. The van der Waals surface area contributed by atoms with Crippen molar-refractivity contribution in [3.63, 3.8) is 0 Å². The van der Waals surface area contributed by atoms with Gasteiger partial charge in [-0.15, -0.1) is 0 Å². The molecule has 1 fully saturated rings. The summed E-state index contributed by atoms with van der Waals surface area (Å²) in [6.45, 7) is 0.932. The third-order valence-electron chi connectivity index (χ3n) is 3.12. The highest BCUT2D eigenvalue weighted by Gasteiger charge is 2.28. The second-order valence-electron chi connectivity index (χ2n) is 4.12. The molecule has 0 bridgehead atoms. The molecule has 1 N–H and O–H groups in total. The van der Waals surface area contributed by atoms with Gasteiger partial charge < -0.3 is 14.6 Å².